The molecule has 0 aromatic carbocycles. The molecule has 18 heavy (non-hydrogen) atoms. The van der Waals surface area contributed by atoms with E-state index in [-0.39, 0.29) is 5.41 Å². The lowest BCUT2D eigenvalue weighted by Gasteiger charge is -2.14. The van der Waals surface area contributed by atoms with Crippen LogP contribution < -0.4 is 0 Å². The molecule has 0 amide bonds. The molecular formula is C13H15NO2S2. The summed E-state index contributed by atoms with van der Waals surface area (Å²) in [7, 11) is 0. The first-order valence-electron chi connectivity index (χ1n) is 5.62. The standard InChI is InChI=1S/C13H15NO2S2/c1-13(2,3)9-7-18-10(14-9)6-8-4-5-17-11(8)12(15)16/h4-5,7H,6H2,1-3H3,(H,15,16). The molecule has 2 rings (SSSR count). The van der Waals surface area contributed by atoms with Crippen molar-refractivity contribution in [2.75, 3.05) is 0 Å². The third-order valence-corrected chi connectivity index (χ3v) is 4.40. The quantitative estimate of drug-likeness (QED) is 0.931. The Balaban J connectivity index is 2.22. The van der Waals surface area contributed by atoms with E-state index in [2.05, 4.69) is 31.1 Å². The van der Waals surface area contributed by atoms with Gasteiger partial charge in [0.2, 0.25) is 0 Å². The number of carboxylic acids is 1. The molecular weight excluding hydrogens is 266 g/mol. The summed E-state index contributed by atoms with van der Waals surface area (Å²) >= 11 is 2.86. The Bertz CT molecular complexity index is 564. The van der Waals surface area contributed by atoms with Gasteiger partial charge in [0, 0.05) is 17.2 Å². The first-order chi connectivity index (χ1) is 8.38. The second kappa shape index (κ2) is 4.82. The predicted octanol–water partition coefficient (Wildman–Crippen LogP) is 3.79. The summed E-state index contributed by atoms with van der Waals surface area (Å²) in [4.78, 5) is 16.0. The zero-order valence-corrected chi connectivity index (χ0v) is 12.2. The van der Waals surface area contributed by atoms with Crippen LogP contribution in [0.15, 0.2) is 16.8 Å². The molecule has 0 aliphatic carbocycles. The van der Waals surface area contributed by atoms with Crippen molar-refractivity contribution in [3.05, 3.63) is 38.0 Å². The van der Waals surface area contributed by atoms with E-state index in [4.69, 9.17) is 5.11 Å². The molecule has 2 heterocycles. The van der Waals surface area contributed by atoms with Gasteiger partial charge in [0.15, 0.2) is 0 Å². The molecule has 96 valence electrons. The molecule has 0 aliphatic rings. The van der Waals surface area contributed by atoms with Crippen LogP contribution in [0.4, 0.5) is 0 Å². The van der Waals surface area contributed by atoms with Gasteiger partial charge in [-0.25, -0.2) is 9.78 Å². The Kier molecular flexibility index (Phi) is 3.54. The Morgan fingerprint density at radius 2 is 2.11 bits per heavy atom. The Morgan fingerprint density at radius 3 is 2.67 bits per heavy atom. The highest BCUT2D eigenvalue weighted by atomic mass is 32.1. The van der Waals surface area contributed by atoms with Crippen molar-refractivity contribution in [2.45, 2.75) is 32.6 Å². The summed E-state index contributed by atoms with van der Waals surface area (Å²) < 4.78 is 0. The largest absolute Gasteiger partial charge is 0.477 e. The van der Waals surface area contributed by atoms with Crippen LogP contribution in [0.25, 0.3) is 0 Å². The average molecular weight is 281 g/mol. The van der Waals surface area contributed by atoms with Crippen molar-refractivity contribution in [2.24, 2.45) is 0 Å². The fourth-order valence-electron chi connectivity index (χ4n) is 1.56. The van der Waals surface area contributed by atoms with Crippen molar-refractivity contribution >= 4 is 28.6 Å². The van der Waals surface area contributed by atoms with Crippen LogP contribution in [0, 0.1) is 0 Å². The van der Waals surface area contributed by atoms with Gasteiger partial charge in [-0.2, -0.15) is 0 Å². The summed E-state index contributed by atoms with van der Waals surface area (Å²) in [6.07, 6.45) is 0.603. The van der Waals surface area contributed by atoms with Crippen LogP contribution in [0.2, 0.25) is 0 Å². The summed E-state index contributed by atoms with van der Waals surface area (Å²) in [5, 5.41) is 13.9. The van der Waals surface area contributed by atoms with Gasteiger partial charge in [-0.1, -0.05) is 20.8 Å². The van der Waals surface area contributed by atoms with Gasteiger partial charge in [-0.05, 0) is 17.0 Å². The molecule has 0 saturated carbocycles. The number of hydrogen-bond donors (Lipinski definition) is 1. The maximum absolute atomic E-state index is 11.0. The third-order valence-electron chi connectivity index (χ3n) is 2.60. The fourth-order valence-corrected chi connectivity index (χ4v) is 3.37. The Morgan fingerprint density at radius 1 is 1.39 bits per heavy atom. The van der Waals surface area contributed by atoms with Crippen LogP contribution in [0.1, 0.15) is 46.7 Å². The van der Waals surface area contributed by atoms with Crippen molar-refractivity contribution in [1.82, 2.24) is 4.98 Å². The van der Waals surface area contributed by atoms with Crippen LogP contribution in [0.5, 0.6) is 0 Å². The average Bonchev–Trinajstić information content (AvgIpc) is 2.85. The molecule has 0 saturated heterocycles. The number of nitrogens with zero attached hydrogens (tertiary/aromatic N) is 1. The van der Waals surface area contributed by atoms with E-state index in [9.17, 15) is 4.79 Å². The molecule has 2 aromatic rings. The number of rotatable bonds is 3. The Hall–Kier alpha value is -1.20. The van der Waals surface area contributed by atoms with Gasteiger partial charge in [0.1, 0.15) is 4.88 Å². The number of thiazole rings is 1. The first-order valence-corrected chi connectivity index (χ1v) is 7.38. The number of hydrogen-bond acceptors (Lipinski definition) is 4. The van der Waals surface area contributed by atoms with Crippen molar-refractivity contribution in [3.8, 4) is 0 Å². The third kappa shape index (κ3) is 2.79. The van der Waals surface area contributed by atoms with Gasteiger partial charge < -0.3 is 5.11 Å². The molecule has 0 atom stereocenters. The summed E-state index contributed by atoms with van der Waals surface area (Å²) in [5.74, 6) is -0.854. The zero-order valence-electron chi connectivity index (χ0n) is 10.6. The van der Waals surface area contributed by atoms with Gasteiger partial charge in [0.05, 0.1) is 10.7 Å². The number of carbonyl (C=O) groups is 1. The molecule has 0 radical (unpaired) electrons. The maximum Gasteiger partial charge on any atom is 0.346 e. The Labute approximate surface area is 114 Å². The molecule has 0 aliphatic heterocycles. The molecule has 0 fully saturated rings. The van der Waals surface area contributed by atoms with E-state index < -0.39 is 5.97 Å². The van der Waals surface area contributed by atoms with Crippen molar-refractivity contribution in [1.29, 1.82) is 0 Å². The van der Waals surface area contributed by atoms with Crippen molar-refractivity contribution in [3.63, 3.8) is 0 Å². The zero-order chi connectivity index (χ0) is 13.3. The predicted molar refractivity (Wildman–Crippen MR) is 74.9 cm³/mol. The summed E-state index contributed by atoms with van der Waals surface area (Å²) in [5.41, 5.74) is 1.95. The fraction of sp³-hybridized carbons (Fsp3) is 0.385. The second-order valence-electron chi connectivity index (χ2n) is 5.13. The van der Waals surface area contributed by atoms with E-state index in [1.54, 1.807) is 11.3 Å². The van der Waals surface area contributed by atoms with E-state index in [1.807, 2.05) is 11.4 Å². The molecule has 5 heteroatoms. The van der Waals surface area contributed by atoms with E-state index in [0.717, 1.165) is 16.3 Å². The highest BCUT2D eigenvalue weighted by Gasteiger charge is 2.19. The van der Waals surface area contributed by atoms with E-state index in [1.165, 1.54) is 11.3 Å². The van der Waals surface area contributed by atoms with E-state index >= 15 is 0 Å². The molecule has 0 bridgehead atoms. The second-order valence-corrected chi connectivity index (χ2v) is 6.99. The van der Waals surface area contributed by atoms with E-state index in [0.29, 0.717) is 11.3 Å². The van der Waals surface area contributed by atoms with Crippen LogP contribution in [-0.4, -0.2) is 16.1 Å². The van der Waals surface area contributed by atoms with Crippen LogP contribution >= 0.6 is 22.7 Å². The first kappa shape index (κ1) is 13.2. The molecule has 0 spiro atoms. The highest BCUT2D eigenvalue weighted by Crippen LogP contribution is 2.26. The van der Waals surface area contributed by atoms with Gasteiger partial charge >= 0.3 is 5.97 Å². The molecule has 1 N–H and O–H groups in total. The van der Waals surface area contributed by atoms with Gasteiger partial charge in [0.25, 0.3) is 0 Å². The van der Waals surface area contributed by atoms with Crippen LogP contribution in [-0.2, 0) is 11.8 Å². The number of aromatic carboxylic acids is 1. The lowest BCUT2D eigenvalue weighted by Crippen LogP contribution is -2.11. The van der Waals surface area contributed by atoms with Crippen molar-refractivity contribution < 1.29 is 9.90 Å². The summed E-state index contributed by atoms with van der Waals surface area (Å²) in [6, 6.07) is 1.87. The number of carboxylic acid groups (broad SMARTS) is 1. The highest BCUT2D eigenvalue weighted by molar-refractivity contribution is 7.12. The number of thiophene rings is 1. The minimum Gasteiger partial charge on any atom is -0.477 e. The lowest BCUT2D eigenvalue weighted by atomic mass is 9.93. The number of aromatic nitrogens is 1. The molecule has 0 unspecified atom stereocenters. The van der Waals surface area contributed by atoms with Gasteiger partial charge in [-0.15, -0.1) is 22.7 Å². The molecule has 3 nitrogen and oxygen atoms in total. The maximum atomic E-state index is 11.0. The molecule has 2 aromatic heterocycles. The van der Waals surface area contributed by atoms with Gasteiger partial charge in [-0.3, -0.25) is 0 Å². The lowest BCUT2D eigenvalue weighted by molar-refractivity contribution is 0.0701. The van der Waals surface area contributed by atoms with Crippen LogP contribution in [0.3, 0.4) is 0 Å². The minimum atomic E-state index is -0.854. The minimum absolute atomic E-state index is 0.0407. The smallest absolute Gasteiger partial charge is 0.346 e. The summed E-state index contributed by atoms with van der Waals surface area (Å²) in [6.45, 7) is 6.37. The monoisotopic (exact) mass is 281 g/mol. The normalized spacial score (nSPS) is 11.7. The SMILES string of the molecule is CC(C)(C)c1csc(Cc2ccsc2C(=O)O)n1. The topological polar surface area (TPSA) is 50.2 Å².